The van der Waals surface area contributed by atoms with Crippen LogP contribution in [0.5, 0.6) is 0 Å². The van der Waals surface area contributed by atoms with Crippen molar-refractivity contribution in [1.29, 1.82) is 0 Å². The molecule has 8 heteroatoms. The number of H-pyrrole nitrogens is 1. The fraction of sp³-hybridized carbons (Fsp3) is 0.0909. The smallest absolute Gasteiger partial charge is 0.203 e. The van der Waals surface area contributed by atoms with Gasteiger partial charge in [0.25, 0.3) is 0 Å². The molecule has 3 N–H and O–H groups in total. The maximum absolute atomic E-state index is 6.37. The SMILES string of the molecule is Nc1cc(Cc2cnn(Cc3cc(Cl)cc(-c4ccccc4)c3)c2)c2n[nH]nc2n1. The van der Waals surface area contributed by atoms with Gasteiger partial charge in [-0.25, -0.2) is 4.98 Å². The largest absolute Gasteiger partial charge is 0.384 e. The Morgan fingerprint density at radius 3 is 2.70 bits per heavy atom. The summed E-state index contributed by atoms with van der Waals surface area (Å²) in [5.74, 6) is 0.422. The van der Waals surface area contributed by atoms with Gasteiger partial charge in [-0.1, -0.05) is 41.9 Å². The van der Waals surface area contributed by atoms with E-state index in [4.69, 9.17) is 17.3 Å². The molecule has 5 rings (SSSR count). The van der Waals surface area contributed by atoms with E-state index >= 15 is 0 Å². The number of pyridine rings is 1. The van der Waals surface area contributed by atoms with E-state index < -0.39 is 0 Å². The van der Waals surface area contributed by atoms with Crippen molar-refractivity contribution in [2.75, 3.05) is 5.73 Å². The van der Waals surface area contributed by atoms with Crippen molar-refractivity contribution in [2.45, 2.75) is 13.0 Å². The molecule has 0 atom stereocenters. The normalized spacial score (nSPS) is 11.2. The lowest BCUT2D eigenvalue weighted by Crippen LogP contribution is -2.00. The van der Waals surface area contributed by atoms with E-state index in [9.17, 15) is 0 Å². The first-order chi connectivity index (χ1) is 14.6. The second-order valence-electron chi connectivity index (χ2n) is 7.14. The summed E-state index contributed by atoms with van der Waals surface area (Å²) in [6.45, 7) is 0.623. The summed E-state index contributed by atoms with van der Waals surface area (Å²) in [6, 6.07) is 18.1. The van der Waals surface area contributed by atoms with Crippen LogP contribution in [0.3, 0.4) is 0 Å². The molecule has 0 aliphatic rings. The minimum Gasteiger partial charge on any atom is -0.384 e. The summed E-state index contributed by atoms with van der Waals surface area (Å²) >= 11 is 6.37. The highest BCUT2D eigenvalue weighted by Crippen LogP contribution is 2.25. The van der Waals surface area contributed by atoms with Crippen LogP contribution in [0.2, 0.25) is 5.02 Å². The quantitative estimate of drug-likeness (QED) is 0.450. The van der Waals surface area contributed by atoms with Crippen LogP contribution in [0.1, 0.15) is 16.7 Å². The van der Waals surface area contributed by atoms with Gasteiger partial charge >= 0.3 is 0 Å². The standard InChI is InChI=1S/C22H18ClN7/c23-19-8-14(6-17(9-19)16-4-2-1-3-5-16)12-30-13-15(11-25-30)7-18-10-20(24)26-22-21(18)27-29-28-22/h1-6,8-11,13H,7,12H2,(H3,24,26,27,28,29). The van der Waals surface area contributed by atoms with E-state index in [1.54, 1.807) is 0 Å². The average molecular weight is 416 g/mol. The van der Waals surface area contributed by atoms with Crippen molar-refractivity contribution in [1.82, 2.24) is 30.2 Å². The lowest BCUT2D eigenvalue weighted by Gasteiger charge is -2.08. The average Bonchev–Trinajstić information content (AvgIpc) is 3.37. The van der Waals surface area contributed by atoms with Crippen LogP contribution in [-0.4, -0.2) is 30.2 Å². The number of aromatic amines is 1. The van der Waals surface area contributed by atoms with Crippen LogP contribution in [0.4, 0.5) is 5.82 Å². The molecule has 0 amide bonds. The molecule has 0 bridgehead atoms. The molecule has 0 fully saturated rings. The van der Waals surface area contributed by atoms with Crippen molar-refractivity contribution >= 4 is 28.6 Å². The number of nitrogen functional groups attached to an aromatic ring is 1. The fourth-order valence-electron chi connectivity index (χ4n) is 3.58. The number of nitrogens with one attached hydrogen (secondary N) is 1. The molecule has 0 radical (unpaired) electrons. The highest BCUT2D eigenvalue weighted by Gasteiger charge is 2.11. The Morgan fingerprint density at radius 1 is 0.967 bits per heavy atom. The second-order valence-corrected chi connectivity index (χ2v) is 7.58. The van der Waals surface area contributed by atoms with E-state index in [0.29, 0.717) is 29.5 Å². The topological polar surface area (TPSA) is 98.3 Å². The van der Waals surface area contributed by atoms with Gasteiger partial charge in [-0.2, -0.15) is 15.4 Å². The Balaban J connectivity index is 1.39. The molecule has 0 spiro atoms. The zero-order valence-electron chi connectivity index (χ0n) is 16.0. The molecule has 30 heavy (non-hydrogen) atoms. The van der Waals surface area contributed by atoms with Gasteiger partial charge in [0.1, 0.15) is 11.3 Å². The van der Waals surface area contributed by atoms with Gasteiger partial charge in [-0.3, -0.25) is 4.68 Å². The molecule has 7 nitrogen and oxygen atoms in total. The van der Waals surface area contributed by atoms with Crippen molar-refractivity contribution in [3.05, 3.63) is 88.7 Å². The molecule has 0 unspecified atom stereocenters. The Morgan fingerprint density at radius 2 is 1.83 bits per heavy atom. The van der Waals surface area contributed by atoms with Crippen LogP contribution < -0.4 is 5.73 Å². The number of hydrogen-bond donors (Lipinski definition) is 2. The van der Waals surface area contributed by atoms with E-state index in [1.807, 2.05) is 53.5 Å². The molecule has 0 aliphatic heterocycles. The third-order valence-corrected chi connectivity index (χ3v) is 5.10. The number of aromatic nitrogens is 6. The molecular weight excluding hydrogens is 398 g/mol. The van der Waals surface area contributed by atoms with Gasteiger partial charge in [-0.05, 0) is 52.1 Å². The highest BCUT2D eigenvalue weighted by molar-refractivity contribution is 6.31. The third kappa shape index (κ3) is 3.75. The van der Waals surface area contributed by atoms with Gasteiger partial charge in [0.15, 0.2) is 0 Å². The summed E-state index contributed by atoms with van der Waals surface area (Å²) in [5.41, 5.74) is 12.5. The number of anilines is 1. The summed E-state index contributed by atoms with van der Waals surface area (Å²) < 4.78 is 1.90. The predicted molar refractivity (Wildman–Crippen MR) is 117 cm³/mol. The highest BCUT2D eigenvalue weighted by atomic mass is 35.5. The first-order valence-electron chi connectivity index (χ1n) is 9.46. The molecule has 0 aliphatic carbocycles. The number of nitrogens with two attached hydrogens (primary N) is 1. The zero-order chi connectivity index (χ0) is 20.5. The van der Waals surface area contributed by atoms with Crippen LogP contribution in [-0.2, 0) is 13.0 Å². The molecule has 148 valence electrons. The Bertz CT molecular complexity index is 1320. The van der Waals surface area contributed by atoms with Crippen LogP contribution in [0.25, 0.3) is 22.3 Å². The first kappa shape index (κ1) is 18.3. The number of rotatable bonds is 5. The molecular formula is C22H18ClN7. The van der Waals surface area contributed by atoms with E-state index in [2.05, 4.69) is 43.7 Å². The number of hydrogen-bond acceptors (Lipinski definition) is 5. The molecule has 0 saturated heterocycles. The van der Waals surface area contributed by atoms with Gasteiger partial charge in [0.2, 0.25) is 5.65 Å². The third-order valence-electron chi connectivity index (χ3n) is 4.88. The first-order valence-corrected chi connectivity index (χ1v) is 9.84. The number of fused-ring (bicyclic) bond motifs is 1. The Kier molecular flexibility index (Phi) is 4.65. The maximum Gasteiger partial charge on any atom is 0.203 e. The van der Waals surface area contributed by atoms with Crippen LogP contribution in [0.15, 0.2) is 67.0 Å². The van der Waals surface area contributed by atoms with Crippen molar-refractivity contribution in [3.8, 4) is 11.1 Å². The van der Waals surface area contributed by atoms with Crippen molar-refractivity contribution in [2.24, 2.45) is 0 Å². The molecule has 3 heterocycles. The van der Waals surface area contributed by atoms with Gasteiger partial charge in [0.05, 0.1) is 12.7 Å². The van der Waals surface area contributed by atoms with Gasteiger partial charge < -0.3 is 5.73 Å². The Hall–Kier alpha value is -3.71. The van der Waals surface area contributed by atoms with Crippen molar-refractivity contribution in [3.63, 3.8) is 0 Å². The Labute approximate surface area is 177 Å². The van der Waals surface area contributed by atoms with E-state index in [-0.39, 0.29) is 0 Å². The lowest BCUT2D eigenvalue weighted by molar-refractivity contribution is 0.686. The number of nitrogens with zero attached hydrogens (tertiary/aromatic N) is 5. The van der Waals surface area contributed by atoms with Gasteiger partial charge in [-0.15, -0.1) is 5.10 Å². The summed E-state index contributed by atoms with van der Waals surface area (Å²) in [7, 11) is 0. The lowest BCUT2D eigenvalue weighted by atomic mass is 10.0. The minimum absolute atomic E-state index is 0.422. The number of benzene rings is 2. The van der Waals surface area contributed by atoms with E-state index in [1.165, 1.54) is 0 Å². The zero-order valence-corrected chi connectivity index (χ0v) is 16.7. The summed E-state index contributed by atoms with van der Waals surface area (Å²) in [5, 5.41) is 16.0. The van der Waals surface area contributed by atoms with E-state index in [0.717, 1.165) is 33.3 Å². The molecule has 0 saturated carbocycles. The second kappa shape index (κ2) is 7.61. The molecule has 3 aromatic heterocycles. The monoisotopic (exact) mass is 415 g/mol. The van der Waals surface area contributed by atoms with Gasteiger partial charge in [0, 0.05) is 17.6 Å². The maximum atomic E-state index is 6.37. The summed E-state index contributed by atoms with van der Waals surface area (Å²) in [6.07, 6.45) is 4.51. The van der Waals surface area contributed by atoms with Crippen molar-refractivity contribution < 1.29 is 0 Å². The van der Waals surface area contributed by atoms with Crippen LogP contribution >= 0.6 is 11.6 Å². The number of halogens is 1. The molecule has 2 aromatic carbocycles. The molecule has 5 aromatic rings. The minimum atomic E-state index is 0.422. The predicted octanol–water partition coefficient (Wildman–Crippen LogP) is 4.09. The fourth-order valence-corrected chi connectivity index (χ4v) is 3.84. The summed E-state index contributed by atoms with van der Waals surface area (Å²) in [4.78, 5) is 4.18. The van der Waals surface area contributed by atoms with Crippen LogP contribution in [0, 0.1) is 0 Å².